The van der Waals surface area contributed by atoms with Gasteiger partial charge in [-0.1, -0.05) is 0 Å². The van der Waals surface area contributed by atoms with Crippen LogP contribution in [-0.2, 0) is 11.3 Å². The number of ether oxygens (including phenoxy) is 2. The van der Waals surface area contributed by atoms with Crippen LogP contribution in [-0.4, -0.2) is 52.4 Å². The highest BCUT2D eigenvalue weighted by Gasteiger charge is 2.26. The van der Waals surface area contributed by atoms with Crippen molar-refractivity contribution in [3.63, 3.8) is 0 Å². The molecule has 0 bridgehead atoms. The highest BCUT2D eigenvalue weighted by molar-refractivity contribution is 5.72. The molecule has 34 heavy (non-hydrogen) atoms. The van der Waals surface area contributed by atoms with Crippen molar-refractivity contribution in [2.75, 3.05) is 25.1 Å². The molecule has 1 unspecified atom stereocenters. The zero-order valence-corrected chi connectivity index (χ0v) is 19.8. The Kier molecular flexibility index (Phi) is 6.35. The lowest BCUT2D eigenvalue weighted by atomic mass is 10.0. The number of alkyl carbamates (subject to hydrolysis) is 1. The predicted molar refractivity (Wildman–Crippen MR) is 128 cm³/mol. The van der Waals surface area contributed by atoms with Crippen molar-refractivity contribution in [2.24, 2.45) is 0 Å². The second kappa shape index (κ2) is 9.23. The number of aromatic nitrogens is 2. The predicted octanol–water partition coefficient (Wildman–Crippen LogP) is 3.48. The van der Waals surface area contributed by atoms with Gasteiger partial charge in [-0.15, -0.1) is 0 Å². The van der Waals surface area contributed by atoms with Crippen molar-refractivity contribution >= 4 is 17.4 Å². The van der Waals surface area contributed by atoms with Gasteiger partial charge in [-0.05, 0) is 51.0 Å². The average Bonchev–Trinajstić information content (AvgIpc) is 3.43. The number of aliphatic hydroxyl groups is 1. The number of hydrogen-bond acceptors (Lipinski definition) is 7. The number of aliphatic hydroxyl groups excluding tert-OH is 1. The second-order valence-electron chi connectivity index (χ2n) is 9.33. The first-order valence-corrected chi connectivity index (χ1v) is 11.2. The molecule has 9 nitrogen and oxygen atoms in total. The SMILES string of the molecule is COc1cc(CO)c(-c2cn3ccc(N4CCC(NC(=O)OC(C)(C)C)C4)cc3n2)cc1C#N. The van der Waals surface area contributed by atoms with Gasteiger partial charge in [-0.25, -0.2) is 9.78 Å². The summed E-state index contributed by atoms with van der Waals surface area (Å²) in [4.78, 5) is 19.1. The Morgan fingerprint density at radius 3 is 2.82 bits per heavy atom. The minimum absolute atomic E-state index is 0.0113. The maximum absolute atomic E-state index is 12.1. The van der Waals surface area contributed by atoms with Crippen LogP contribution in [0.3, 0.4) is 0 Å². The van der Waals surface area contributed by atoms with E-state index in [-0.39, 0.29) is 12.6 Å². The number of fused-ring (bicyclic) bond motifs is 1. The fourth-order valence-corrected chi connectivity index (χ4v) is 4.13. The first-order chi connectivity index (χ1) is 16.2. The van der Waals surface area contributed by atoms with Crippen molar-refractivity contribution < 1.29 is 19.4 Å². The van der Waals surface area contributed by atoms with E-state index in [1.807, 2.05) is 49.7 Å². The molecule has 1 aliphatic heterocycles. The number of nitrogens with zero attached hydrogens (tertiary/aromatic N) is 4. The van der Waals surface area contributed by atoms with Gasteiger partial charge in [0.2, 0.25) is 0 Å². The van der Waals surface area contributed by atoms with E-state index in [4.69, 9.17) is 14.5 Å². The van der Waals surface area contributed by atoms with Gasteiger partial charge in [-0.2, -0.15) is 5.26 Å². The largest absolute Gasteiger partial charge is 0.495 e. The summed E-state index contributed by atoms with van der Waals surface area (Å²) in [5.74, 6) is 0.421. The lowest BCUT2D eigenvalue weighted by molar-refractivity contribution is 0.0509. The molecule has 0 aliphatic carbocycles. The summed E-state index contributed by atoms with van der Waals surface area (Å²) in [6.45, 7) is 6.83. The molecule has 1 aromatic carbocycles. The Hall–Kier alpha value is -3.77. The molecule has 1 fully saturated rings. The van der Waals surface area contributed by atoms with Gasteiger partial charge < -0.3 is 29.2 Å². The molecular formula is C25H29N5O4. The average molecular weight is 464 g/mol. The van der Waals surface area contributed by atoms with E-state index in [0.29, 0.717) is 34.7 Å². The minimum Gasteiger partial charge on any atom is -0.495 e. The number of methoxy groups -OCH3 is 1. The minimum atomic E-state index is -0.528. The number of nitrogens with one attached hydrogen (secondary N) is 1. The normalized spacial score (nSPS) is 15.9. The Labute approximate surface area is 198 Å². The molecule has 4 rings (SSSR count). The fraction of sp³-hybridized carbons (Fsp3) is 0.400. The van der Waals surface area contributed by atoms with Gasteiger partial charge in [0.1, 0.15) is 23.1 Å². The molecule has 1 atom stereocenters. The molecule has 1 amide bonds. The molecule has 178 valence electrons. The van der Waals surface area contributed by atoms with Crippen LogP contribution >= 0.6 is 0 Å². The van der Waals surface area contributed by atoms with Gasteiger partial charge in [0, 0.05) is 42.8 Å². The van der Waals surface area contributed by atoms with Gasteiger partial charge in [0.25, 0.3) is 0 Å². The number of rotatable bonds is 5. The molecule has 2 aromatic heterocycles. The van der Waals surface area contributed by atoms with Crippen LogP contribution < -0.4 is 15.0 Å². The molecule has 9 heteroatoms. The molecule has 0 spiro atoms. The van der Waals surface area contributed by atoms with Gasteiger partial charge >= 0.3 is 6.09 Å². The molecule has 1 saturated heterocycles. The van der Waals surface area contributed by atoms with Crippen molar-refractivity contribution in [1.82, 2.24) is 14.7 Å². The number of carbonyl (C=O) groups excluding carboxylic acids is 1. The van der Waals surface area contributed by atoms with Crippen molar-refractivity contribution in [3.05, 3.63) is 47.8 Å². The standard InChI is InChI=1S/C25H29N5O4/c1-25(2,3)34-24(32)27-18-5-7-29(13-18)19-6-8-30-14-21(28-23(30)11-19)20-9-16(12-26)22(33-4)10-17(20)15-31/h6,8-11,14,18,31H,5,7,13,15H2,1-4H3,(H,27,32). The highest BCUT2D eigenvalue weighted by Crippen LogP contribution is 2.31. The van der Waals surface area contributed by atoms with Gasteiger partial charge in [-0.3, -0.25) is 0 Å². The van der Waals surface area contributed by atoms with E-state index in [1.165, 1.54) is 7.11 Å². The Morgan fingerprint density at radius 2 is 2.15 bits per heavy atom. The maximum Gasteiger partial charge on any atom is 0.407 e. The van der Waals surface area contributed by atoms with Crippen LogP contribution in [0.25, 0.3) is 16.9 Å². The number of amides is 1. The van der Waals surface area contributed by atoms with E-state index in [1.54, 1.807) is 12.1 Å². The first-order valence-electron chi connectivity index (χ1n) is 11.2. The zero-order valence-electron chi connectivity index (χ0n) is 19.8. The number of benzene rings is 1. The molecular weight excluding hydrogens is 434 g/mol. The topological polar surface area (TPSA) is 112 Å². The Morgan fingerprint density at radius 1 is 1.35 bits per heavy atom. The van der Waals surface area contributed by atoms with Gasteiger partial charge in [0.05, 0.1) is 31.0 Å². The van der Waals surface area contributed by atoms with Crippen LogP contribution in [0.2, 0.25) is 0 Å². The zero-order chi connectivity index (χ0) is 24.5. The quantitative estimate of drug-likeness (QED) is 0.596. The fourth-order valence-electron chi connectivity index (χ4n) is 4.13. The smallest absolute Gasteiger partial charge is 0.407 e. The Balaban J connectivity index is 1.55. The number of imidazole rings is 1. The van der Waals surface area contributed by atoms with Gasteiger partial charge in [0.15, 0.2) is 0 Å². The summed E-state index contributed by atoms with van der Waals surface area (Å²) in [5, 5.41) is 22.3. The summed E-state index contributed by atoms with van der Waals surface area (Å²) in [6, 6.07) is 9.51. The van der Waals surface area contributed by atoms with Crippen LogP contribution in [0.5, 0.6) is 5.75 Å². The summed E-state index contributed by atoms with van der Waals surface area (Å²) in [7, 11) is 1.50. The molecule has 1 aliphatic rings. The molecule has 3 aromatic rings. The van der Waals surface area contributed by atoms with E-state index in [0.717, 1.165) is 24.3 Å². The van der Waals surface area contributed by atoms with E-state index < -0.39 is 11.7 Å². The van der Waals surface area contributed by atoms with Crippen LogP contribution in [0.4, 0.5) is 10.5 Å². The molecule has 0 saturated carbocycles. The van der Waals surface area contributed by atoms with Crippen molar-refractivity contribution in [1.29, 1.82) is 5.26 Å². The van der Waals surface area contributed by atoms with Crippen molar-refractivity contribution in [3.8, 4) is 23.1 Å². The summed E-state index contributed by atoms with van der Waals surface area (Å²) < 4.78 is 12.5. The van der Waals surface area contributed by atoms with E-state index in [9.17, 15) is 15.2 Å². The summed E-state index contributed by atoms with van der Waals surface area (Å²) >= 11 is 0. The number of carbonyl (C=O) groups is 1. The lowest BCUT2D eigenvalue weighted by Crippen LogP contribution is -2.40. The highest BCUT2D eigenvalue weighted by atomic mass is 16.6. The first kappa shape index (κ1) is 23.4. The van der Waals surface area contributed by atoms with Crippen LogP contribution in [0.15, 0.2) is 36.7 Å². The number of hydrogen-bond donors (Lipinski definition) is 2. The Bertz CT molecular complexity index is 1250. The van der Waals surface area contributed by atoms with E-state index in [2.05, 4.69) is 16.3 Å². The third kappa shape index (κ3) is 4.92. The van der Waals surface area contributed by atoms with Crippen LogP contribution in [0, 0.1) is 11.3 Å². The summed E-state index contributed by atoms with van der Waals surface area (Å²) in [6.07, 6.45) is 4.23. The maximum atomic E-state index is 12.1. The number of pyridine rings is 1. The third-order valence-electron chi connectivity index (χ3n) is 5.71. The lowest BCUT2D eigenvalue weighted by Gasteiger charge is -2.22. The van der Waals surface area contributed by atoms with E-state index >= 15 is 0 Å². The van der Waals surface area contributed by atoms with Crippen molar-refractivity contribution in [2.45, 2.75) is 45.4 Å². The molecule has 2 N–H and O–H groups in total. The third-order valence-corrected chi connectivity index (χ3v) is 5.71. The number of nitriles is 1. The summed E-state index contributed by atoms with van der Waals surface area (Å²) in [5.41, 5.74) is 3.59. The number of anilines is 1. The molecule has 0 radical (unpaired) electrons. The van der Waals surface area contributed by atoms with Crippen LogP contribution in [0.1, 0.15) is 38.3 Å². The second-order valence-corrected chi connectivity index (χ2v) is 9.33. The molecule has 3 heterocycles. The monoisotopic (exact) mass is 463 g/mol.